The molecule has 0 radical (unpaired) electrons. The first-order chi connectivity index (χ1) is 12.7. The minimum Gasteiger partial charge on any atom is -0.407 e. The molecule has 0 unspecified atom stereocenters. The maximum atomic E-state index is 7.11. The molecular formula is C24H35NOSi. The van der Waals surface area contributed by atoms with Crippen molar-refractivity contribution in [3.63, 3.8) is 0 Å². The lowest BCUT2D eigenvalue weighted by atomic mass is 9.85. The van der Waals surface area contributed by atoms with Gasteiger partial charge >= 0.3 is 0 Å². The highest BCUT2D eigenvalue weighted by Crippen LogP contribution is 2.37. The lowest BCUT2D eigenvalue weighted by Gasteiger charge is -2.45. The summed E-state index contributed by atoms with van der Waals surface area (Å²) >= 11 is 0. The van der Waals surface area contributed by atoms with Crippen LogP contribution in [0.4, 0.5) is 0 Å². The Kier molecular flexibility index (Phi) is 5.95. The van der Waals surface area contributed by atoms with Gasteiger partial charge in [0.25, 0.3) is 8.32 Å². The van der Waals surface area contributed by atoms with E-state index in [1.54, 1.807) is 0 Å². The van der Waals surface area contributed by atoms with Gasteiger partial charge in [-0.25, -0.2) is 0 Å². The Morgan fingerprint density at radius 3 is 1.93 bits per heavy atom. The monoisotopic (exact) mass is 381 g/mol. The van der Waals surface area contributed by atoms with Crippen molar-refractivity contribution in [3.8, 4) is 0 Å². The third-order valence-electron chi connectivity index (χ3n) is 5.91. The first kappa shape index (κ1) is 20.3. The van der Waals surface area contributed by atoms with Crippen LogP contribution in [0.3, 0.4) is 0 Å². The molecule has 1 fully saturated rings. The Labute approximate surface area is 166 Å². The van der Waals surface area contributed by atoms with E-state index in [2.05, 4.69) is 101 Å². The average Bonchev–Trinajstić information content (AvgIpc) is 2.62. The van der Waals surface area contributed by atoms with Gasteiger partial charge in [-0.15, -0.1) is 0 Å². The van der Waals surface area contributed by atoms with Crippen molar-refractivity contribution in [1.29, 1.82) is 0 Å². The third kappa shape index (κ3) is 4.36. The van der Waals surface area contributed by atoms with Gasteiger partial charge < -0.3 is 9.74 Å². The Bertz CT molecular complexity index is 682. The van der Waals surface area contributed by atoms with Crippen LogP contribution in [0, 0.1) is 5.92 Å². The fourth-order valence-corrected chi connectivity index (χ4v) is 9.30. The van der Waals surface area contributed by atoms with Crippen LogP contribution in [0.1, 0.15) is 47.5 Å². The van der Waals surface area contributed by atoms with Gasteiger partial charge in [0, 0.05) is 12.1 Å². The summed E-state index contributed by atoms with van der Waals surface area (Å²) in [6.07, 6.45) is 2.37. The fraction of sp³-hybridized carbons (Fsp3) is 0.500. The van der Waals surface area contributed by atoms with E-state index in [-0.39, 0.29) is 10.6 Å². The summed E-state index contributed by atoms with van der Waals surface area (Å²) < 4.78 is 7.11. The molecule has 0 amide bonds. The Morgan fingerprint density at radius 1 is 0.963 bits per heavy atom. The van der Waals surface area contributed by atoms with E-state index < -0.39 is 8.32 Å². The zero-order chi connectivity index (χ0) is 19.5. The van der Waals surface area contributed by atoms with E-state index in [1.807, 2.05) is 0 Å². The van der Waals surface area contributed by atoms with Crippen LogP contribution < -0.4 is 15.7 Å². The van der Waals surface area contributed by atoms with E-state index in [1.165, 1.54) is 23.2 Å². The smallest absolute Gasteiger partial charge is 0.261 e. The predicted octanol–water partition coefficient (Wildman–Crippen LogP) is 4.34. The standard InChI is InChI=1S/C24H35NOSi/c1-23(2,3)27(21-12-8-6-9-13-21,22-14-10-7-11-15-22)26-19-20-16-17-25-24(4,5)18-20/h6-15,20,25H,16-19H2,1-5H3/t20-/m1/s1. The number of piperidine rings is 1. The largest absolute Gasteiger partial charge is 0.407 e. The quantitative estimate of drug-likeness (QED) is 0.778. The summed E-state index contributed by atoms with van der Waals surface area (Å²) in [5, 5.41) is 6.43. The van der Waals surface area contributed by atoms with Crippen molar-refractivity contribution in [2.45, 2.75) is 58.0 Å². The van der Waals surface area contributed by atoms with Gasteiger partial charge in [0.15, 0.2) is 0 Å². The molecular weight excluding hydrogens is 346 g/mol. The van der Waals surface area contributed by atoms with Gasteiger partial charge in [0.2, 0.25) is 0 Å². The second-order valence-electron chi connectivity index (χ2n) is 9.64. The van der Waals surface area contributed by atoms with E-state index in [0.29, 0.717) is 5.92 Å². The molecule has 0 spiro atoms. The molecule has 0 aliphatic carbocycles. The molecule has 1 aliphatic rings. The molecule has 3 rings (SSSR count). The van der Waals surface area contributed by atoms with Crippen molar-refractivity contribution in [1.82, 2.24) is 5.32 Å². The maximum absolute atomic E-state index is 7.11. The lowest BCUT2D eigenvalue weighted by molar-refractivity contribution is 0.154. The summed E-state index contributed by atoms with van der Waals surface area (Å²) in [6.45, 7) is 13.6. The molecule has 1 saturated heterocycles. The number of nitrogens with one attached hydrogen (secondary N) is 1. The molecule has 1 heterocycles. The second-order valence-corrected chi connectivity index (χ2v) is 13.9. The maximum Gasteiger partial charge on any atom is 0.261 e. The average molecular weight is 382 g/mol. The number of hydrogen-bond donors (Lipinski definition) is 1. The highest BCUT2D eigenvalue weighted by atomic mass is 28.4. The van der Waals surface area contributed by atoms with Gasteiger partial charge in [-0.3, -0.25) is 0 Å². The van der Waals surface area contributed by atoms with Gasteiger partial charge in [0.1, 0.15) is 0 Å². The molecule has 1 N–H and O–H groups in total. The number of benzene rings is 2. The predicted molar refractivity (Wildman–Crippen MR) is 118 cm³/mol. The van der Waals surface area contributed by atoms with Gasteiger partial charge in [-0.1, -0.05) is 81.4 Å². The van der Waals surface area contributed by atoms with Crippen LogP contribution in [-0.2, 0) is 4.43 Å². The minimum absolute atomic E-state index is 0.0537. The molecule has 3 heteroatoms. The molecule has 1 atom stereocenters. The summed E-state index contributed by atoms with van der Waals surface area (Å²) in [7, 11) is -2.40. The Balaban J connectivity index is 1.99. The second kappa shape index (κ2) is 7.90. The van der Waals surface area contributed by atoms with E-state index >= 15 is 0 Å². The highest BCUT2D eigenvalue weighted by molar-refractivity contribution is 6.99. The Hall–Kier alpha value is -1.42. The first-order valence-electron chi connectivity index (χ1n) is 10.2. The molecule has 1 aliphatic heterocycles. The van der Waals surface area contributed by atoms with Crippen molar-refractivity contribution in [3.05, 3.63) is 60.7 Å². The summed E-state index contributed by atoms with van der Waals surface area (Å²) in [5.74, 6) is 0.614. The summed E-state index contributed by atoms with van der Waals surface area (Å²) in [4.78, 5) is 0. The highest BCUT2D eigenvalue weighted by Gasteiger charge is 2.50. The van der Waals surface area contributed by atoms with Crippen LogP contribution >= 0.6 is 0 Å². The van der Waals surface area contributed by atoms with Crippen molar-refractivity contribution in [2.75, 3.05) is 13.2 Å². The first-order valence-corrected chi connectivity index (χ1v) is 12.2. The third-order valence-corrected chi connectivity index (χ3v) is 10.9. The van der Waals surface area contributed by atoms with Crippen LogP contribution in [0.5, 0.6) is 0 Å². The molecule has 2 aromatic carbocycles. The molecule has 2 aromatic rings. The topological polar surface area (TPSA) is 21.3 Å². The van der Waals surface area contributed by atoms with Gasteiger partial charge in [-0.05, 0) is 54.6 Å². The zero-order valence-electron chi connectivity index (χ0n) is 17.6. The normalized spacial score (nSPS) is 20.4. The van der Waals surface area contributed by atoms with E-state index in [9.17, 15) is 0 Å². The van der Waals surface area contributed by atoms with Crippen LogP contribution in [0.15, 0.2) is 60.7 Å². The van der Waals surface area contributed by atoms with Crippen molar-refractivity contribution >= 4 is 18.7 Å². The minimum atomic E-state index is -2.40. The SMILES string of the molecule is CC1(C)C[C@H](CO[Si](c2ccccc2)(c2ccccc2)C(C)(C)C)CCN1. The van der Waals surface area contributed by atoms with Crippen LogP contribution in [0.2, 0.25) is 5.04 Å². The molecule has 146 valence electrons. The lowest BCUT2D eigenvalue weighted by Crippen LogP contribution is -2.67. The fourth-order valence-electron chi connectivity index (χ4n) is 4.66. The van der Waals surface area contributed by atoms with Gasteiger partial charge in [0.05, 0.1) is 0 Å². The van der Waals surface area contributed by atoms with E-state index in [0.717, 1.165) is 13.2 Å². The molecule has 2 nitrogen and oxygen atoms in total. The molecule has 0 aromatic heterocycles. The van der Waals surface area contributed by atoms with Crippen LogP contribution in [-0.4, -0.2) is 27.0 Å². The molecule has 27 heavy (non-hydrogen) atoms. The number of rotatable bonds is 5. The molecule has 0 bridgehead atoms. The summed E-state index contributed by atoms with van der Waals surface area (Å²) in [6, 6.07) is 21.9. The van der Waals surface area contributed by atoms with Crippen molar-refractivity contribution in [2.24, 2.45) is 5.92 Å². The van der Waals surface area contributed by atoms with E-state index in [4.69, 9.17) is 4.43 Å². The van der Waals surface area contributed by atoms with Crippen LogP contribution in [0.25, 0.3) is 0 Å². The molecule has 0 saturated carbocycles. The van der Waals surface area contributed by atoms with Gasteiger partial charge in [-0.2, -0.15) is 0 Å². The number of hydrogen-bond acceptors (Lipinski definition) is 2. The van der Waals surface area contributed by atoms with Crippen molar-refractivity contribution < 1.29 is 4.43 Å². The summed E-state index contributed by atoms with van der Waals surface area (Å²) in [5.41, 5.74) is 0.206. The zero-order valence-corrected chi connectivity index (χ0v) is 18.6. The Morgan fingerprint density at radius 2 is 1.48 bits per heavy atom.